The fourth-order valence-electron chi connectivity index (χ4n) is 4.06. The van der Waals surface area contributed by atoms with Crippen LogP contribution in [-0.4, -0.2) is 53.2 Å². The highest BCUT2D eigenvalue weighted by molar-refractivity contribution is 5.93. The van der Waals surface area contributed by atoms with E-state index < -0.39 is 0 Å². The summed E-state index contributed by atoms with van der Waals surface area (Å²) in [5, 5.41) is 7.56. The van der Waals surface area contributed by atoms with Crippen molar-refractivity contribution in [3.63, 3.8) is 0 Å². The van der Waals surface area contributed by atoms with E-state index in [0.717, 1.165) is 54.9 Å². The van der Waals surface area contributed by atoms with Crippen LogP contribution in [0.25, 0.3) is 16.9 Å². The first-order valence-corrected chi connectivity index (χ1v) is 11.5. The van der Waals surface area contributed by atoms with Crippen molar-refractivity contribution in [2.75, 3.05) is 26.7 Å². The van der Waals surface area contributed by atoms with Crippen LogP contribution >= 0.6 is 0 Å². The van der Waals surface area contributed by atoms with E-state index in [1.54, 1.807) is 11.8 Å². The van der Waals surface area contributed by atoms with Crippen molar-refractivity contribution >= 4 is 11.8 Å². The van der Waals surface area contributed by atoms with Crippen LogP contribution in [0.5, 0.6) is 5.75 Å². The molecular weight excluding hydrogens is 416 g/mol. The number of hydrogen-bond donors (Lipinski definition) is 1. The standard InChI is InChI=1S/C26H30N4O3/c1-33-22-14-12-20(13-15-22)24-19-23(28-30(24)21-9-4-2-5-10-21)26(32)27-16-8-18-29-17-7-3-6-11-25(29)31/h2,4-5,9-10,12-15,19H,3,6-8,11,16-18H2,1H3,(H,27,32). The number of benzene rings is 2. The van der Waals surface area contributed by atoms with Crippen LogP contribution in [0.1, 0.15) is 42.6 Å². The lowest BCUT2D eigenvalue weighted by Crippen LogP contribution is -2.34. The van der Waals surface area contributed by atoms with E-state index in [0.29, 0.717) is 25.2 Å². The van der Waals surface area contributed by atoms with Gasteiger partial charge < -0.3 is 15.0 Å². The fourth-order valence-corrected chi connectivity index (χ4v) is 4.06. The Labute approximate surface area is 194 Å². The number of ether oxygens (including phenoxy) is 1. The van der Waals surface area contributed by atoms with Crippen LogP contribution in [0, 0.1) is 0 Å². The van der Waals surface area contributed by atoms with Gasteiger partial charge >= 0.3 is 0 Å². The zero-order valence-corrected chi connectivity index (χ0v) is 19.0. The van der Waals surface area contributed by atoms with Gasteiger partial charge in [0.05, 0.1) is 18.5 Å². The molecule has 0 atom stereocenters. The molecule has 1 aromatic heterocycles. The predicted octanol–water partition coefficient (Wildman–Crippen LogP) is 4.07. The SMILES string of the molecule is COc1ccc(-c2cc(C(=O)NCCCN3CCCCCC3=O)nn2-c2ccccc2)cc1. The molecule has 3 aromatic rings. The monoisotopic (exact) mass is 446 g/mol. The highest BCUT2D eigenvalue weighted by atomic mass is 16.5. The number of aromatic nitrogens is 2. The lowest BCUT2D eigenvalue weighted by atomic mass is 10.1. The number of nitrogens with one attached hydrogen (secondary N) is 1. The number of likely N-dealkylation sites (tertiary alicyclic amines) is 1. The topological polar surface area (TPSA) is 76.5 Å². The number of carbonyl (C=O) groups is 2. The second-order valence-corrected chi connectivity index (χ2v) is 8.19. The van der Waals surface area contributed by atoms with Gasteiger partial charge in [-0.1, -0.05) is 24.6 Å². The van der Waals surface area contributed by atoms with E-state index in [4.69, 9.17) is 4.74 Å². The summed E-state index contributed by atoms with van der Waals surface area (Å²) in [7, 11) is 1.63. The molecule has 1 saturated heterocycles. The van der Waals surface area contributed by atoms with Gasteiger partial charge in [-0.3, -0.25) is 9.59 Å². The van der Waals surface area contributed by atoms with E-state index in [-0.39, 0.29) is 11.8 Å². The van der Waals surface area contributed by atoms with Gasteiger partial charge in [0.1, 0.15) is 5.75 Å². The zero-order valence-electron chi connectivity index (χ0n) is 19.0. The predicted molar refractivity (Wildman–Crippen MR) is 128 cm³/mol. The van der Waals surface area contributed by atoms with Crippen LogP contribution < -0.4 is 10.1 Å². The van der Waals surface area contributed by atoms with E-state index >= 15 is 0 Å². The van der Waals surface area contributed by atoms with Crippen molar-refractivity contribution < 1.29 is 14.3 Å². The first-order valence-electron chi connectivity index (χ1n) is 11.5. The summed E-state index contributed by atoms with van der Waals surface area (Å²) in [6, 6.07) is 19.2. The van der Waals surface area contributed by atoms with Crippen molar-refractivity contribution in [3.8, 4) is 22.7 Å². The summed E-state index contributed by atoms with van der Waals surface area (Å²) >= 11 is 0. The number of amides is 2. The molecule has 0 radical (unpaired) electrons. The summed E-state index contributed by atoms with van der Waals surface area (Å²) in [6.45, 7) is 1.99. The molecule has 33 heavy (non-hydrogen) atoms. The second kappa shape index (κ2) is 10.8. The van der Waals surface area contributed by atoms with Crippen LogP contribution in [-0.2, 0) is 4.79 Å². The minimum atomic E-state index is -0.221. The maximum Gasteiger partial charge on any atom is 0.271 e. The molecule has 7 nitrogen and oxygen atoms in total. The minimum absolute atomic E-state index is 0.221. The van der Waals surface area contributed by atoms with Gasteiger partial charge in [0, 0.05) is 31.6 Å². The average Bonchev–Trinajstić information content (AvgIpc) is 3.21. The van der Waals surface area contributed by atoms with Gasteiger partial charge in [0.25, 0.3) is 5.91 Å². The zero-order chi connectivity index (χ0) is 23.0. The van der Waals surface area contributed by atoms with Crippen molar-refractivity contribution in [1.29, 1.82) is 0 Å². The highest BCUT2D eigenvalue weighted by Crippen LogP contribution is 2.26. The molecule has 0 aliphatic carbocycles. The smallest absolute Gasteiger partial charge is 0.271 e. The Morgan fingerprint density at radius 1 is 1.06 bits per heavy atom. The van der Waals surface area contributed by atoms with E-state index in [2.05, 4.69) is 10.4 Å². The molecule has 0 unspecified atom stereocenters. The minimum Gasteiger partial charge on any atom is -0.497 e. The van der Waals surface area contributed by atoms with E-state index in [1.807, 2.05) is 65.6 Å². The Balaban J connectivity index is 1.46. The Morgan fingerprint density at radius 3 is 2.61 bits per heavy atom. The molecule has 0 spiro atoms. The summed E-state index contributed by atoms with van der Waals surface area (Å²) < 4.78 is 7.05. The number of methoxy groups -OCH3 is 1. The van der Waals surface area contributed by atoms with Gasteiger partial charge in [-0.2, -0.15) is 5.10 Å². The third-order valence-corrected chi connectivity index (χ3v) is 5.89. The van der Waals surface area contributed by atoms with Gasteiger partial charge in [-0.05, 0) is 61.7 Å². The molecule has 1 aliphatic rings. The Hall–Kier alpha value is -3.61. The lowest BCUT2D eigenvalue weighted by Gasteiger charge is -2.20. The summed E-state index contributed by atoms with van der Waals surface area (Å²) in [4.78, 5) is 26.9. The first kappa shape index (κ1) is 22.6. The second-order valence-electron chi connectivity index (χ2n) is 8.19. The quantitative estimate of drug-likeness (QED) is 0.529. The molecule has 2 heterocycles. The third kappa shape index (κ3) is 5.61. The van der Waals surface area contributed by atoms with Gasteiger partial charge in [0.15, 0.2) is 5.69 Å². The van der Waals surface area contributed by atoms with E-state index in [9.17, 15) is 9.59 Å². The van der Waals surface area contributed by atoms with E-state index in [1.165, 1.54) is 0 Å². The summed E-state index contributed by atoms with van der Waals surface area (Å²) in [5.74, 6) is 0.775. The lowest BCUT2D eigenvalue weighted by molar-refractivity contribution is -0.130. The van der Waals surface area contributed by atoms with Crippen molar-refractivity contribution in [2.24, 2.45) is 0 Å². The number of carbonyl (C=O) groups excluding carboxylic acids is 2. The molecule has 2 aromatic carbocycles. The van der Waals surface area contributed by atoms with Gasteiger partial charge in [-0.25, -0.2) is 4.68 Å². The van der Waals surface area contributed by atoms with Crippen molar-refractivity contribution in [3.05, 3.63) is 66.4 Å². The molecular formula is C26H30N4O3. The average molecular weight is 447 g/mol. The third-order valence-electron chi connectivity index (χ3n) is 5.89. The number of rotatable bonds is 8. The number of para-hydroxylation sites is 1. The molecule has 7 heteroatoms. The van der Waals surface area contributed by atoms with Gasteiger partial charge in [-0.15, -0.1) is 0 Å². The molecule has 0 bridgehead atoms. The van der Waals surface area contributed by atoms with Crippen molar-refractivity contribution in [1.82, 2.24) is 20.0 Å². The highest BCUT2D eigenvalue weighted by Gasteiger charge is 2.18. The summed E-state index contributed by atoms with van der Waals surface area (Å²) in [5.41, 5.74) is 2.99. The Morgan fingerprint density at radius 2 is 1.85 bits per heavy atom. The maximum absolute atomic E-state index is 12.9. The largest absolute Gasteiger partial charge is 0.497 e. The number of nitrogens with zero attached hydrogens (tertiary/aromatic N) is 3. The molecule has 1 aliphatic heterocycles. The molecule has 1 N–H and O–H groups in total. The molecule has 0 saturated carbocycles. The summed E-state index contributed by atoms with van der Waals surface area (Å²) in [6.07, 6.45) is 4.51. The normalized spacial score (nSPS) is 14.1. The Kier molecular flexibility index (Phi) is 7.40. The van der Waals surface area contributed by atoms with Crippen LogP contribution in [0.2, 0.25) is 0 Å². The maximum atomic E-state index is 12.9. The first-order chi connectivity index (χ1) is 16.2. The van der Waals surface area contributed by atoms with Crippen molar-refractivity contribution in [2.45, 2.75) is 32.1 Å². The molecule has 172 valence electrons. The van der Waals surface area contributed by atoms with Crippen LogP contribution in [0.3, 0.4) is 0 Å². The molecule has 4 rings (SSSR count). The molecule has 1 fully saturated rings. The van der Waals surface area contributed by atoms with Crippen LogP contribution in [0.15, 0.2) is 60.7 Å². The fraction of sp³-hybridized carbons (Fsp3) is 0.346. The van der Waals surface area contributed by atoms with Crippen LogP contribution in [0.4, 0.5) is 0 Å². The molecule has 2 amide bonds. The Bertz CT molecular complexity index is 1080. The number of hydrogen-bond acceptors (Lipinski definition) is 4. The van der Waals surface area contributed by atoms with Gasteiger partial charge in [0.2, 0.25) is 5.91 Å².